The van der Waals surface area contributed by atoms with Gasteiger partial charge < -0.3 is 19.2 Å². The van der Waals surface area contributed by atoms with Crippen LogP contribution >= 0.6 is 0 Å². The zero-order valence-corrected chi connectivity index (χ0v) is 25.5. The second kappa shape index (κ2) is 11.2. The number of aryl methyl sites for hydroxylation is 1. The lowest BCUT2D eigenvalue weighted by Crippen LogP contribution is -2.52. The third-order valence-electron chi connectivity index (χ3n) is 8.65. The predicted molar refractivity (Wildman–Crippen MR) is 168 cm³/mol. The summed E-state index contributed by atoms with van der Waals surface area (Å²) in [6.45, 7) is 6.66. The molecule has 2 amide bonds. The standard InChI is InChI=1S/C34H38N6O3/c1-20(2)31(39(5)34(42)43-6)33(41)40-18-21(3)15-30(40)32-36-26-13-11-24(16-28(26)37-32)22-7-9-23(10-8-22)25-12-14-27-29(17-25)38(4)19-35-27/h7-14,16-17,19-21,30-31H,15,18H2,1-6H3,(H,36,37)/t21-,30-,31-/m0/s1. The number of fused-ring (bicyclic) bond motifs is 2. The van der Waals surface area contributed by atoms with E-state index in [1.165, 1.54) is 12.0 Å². The normalized spacial score (nSPS) is 17.6. The van der Waals surface area contributed by atoms with E-state index >= 15 is 0 Å². The summed E-state index contributed by atoms with van der Waals surface area (Å²) < 4.78 is 6.95. The molecular formula is C34H38N6O3. The molecule has 1 fully saturated rings. The van der Waals surface area contributed by atoms with Gasteiger partial charge in [-0.15, -0.1) is 0 Å². The third kappa shape index (κ3) is 5.24. The smallest absolute Gasteiger partial charge is 0.409 e. The van der Waals surface area contributed by atoms with E-state index < -0.39 is 12.1 Å². The van der Waals surface area contributed by atoms with Crippen LogP contribution in [0.25, 0.3) is 44.3 Å². The molecule has 2 aromatic heterocycles. The van der Waals surface area contributed by atoms with Crippen LogP contribution < -0.4 is 0 Å². The Labute approximate surface area is 251 Å². The maximum Gasteiger partial charge on any atom is 0.409 e. The zero-order valence-electron chi connectivity index (χ0n) is 25.5. The van der Waals surface area contributed by atoms with Crippen LogP contribution in [0.4, 0.5) is 4.79 Å². The van der Waals surface area contributed by atoms with Crippen LogP contribution in [0.15, 0.2) is 67.0 Å². The Morgan fingerprint density at radius 2 is 1.60 bits per heavy atom. The maximum atomic E-state index is 13.9. The van der Waals surface area contributed by atoms with Gasteiger partial charge in [-0.3, -0.25) is 9.69 Å². The summed E-state index contributed by atoms with van der Waals surface area (Å²) in [6, 6.07) is 20.3. The maximum absolute atomic E-state index is 13.9. The lowest BCUT2D eigenvalue weighted by atomic mass is 10.00. The highest BCUT2D eigenvalue weighted by Gasteiger charge is 2.42. The summed E-state index contributed by atoms with van der Waals surface area (Å²) >= 11 is 0. The number of imidazole rings is 2. The first-order valence-electron chi connectivity index (χ1n) is 14.8. The SMILES string of the molecule is COC(=O)N(C)[C@H](C(=O)N1C[C@@H](C)C[C@H]1c1nc2ccc(-c3ccc(-c4ccc5ncn(C)c5c4)cc3)cc2[nH]1)C(C)C. The number of H-pyrrole nitrogens is 1. The van der Waals surface area contributed by atoms with Crippen molar-refractivity contribution in [1.29, 1.82) is 0 Å². The van der Waals surface area contributed by atoms with E-state index in [1.807, 2.05) is 42.8 Å². The van der Waals surface area contributed by atoms with Crippen LogP contribution in [0.3, 0.4) is 0 Å². The van der Waals surface area contributed by atoms with Crippen molar-refractivity contribution in [3.8, 4) is 22.3 Å². The highest BCUT2D eigenvalue weighted by Crippen LogP contribution is 2.37. The summed E-state index contributed by atoms with van der Waals surface area (Å²) in [5.74, 6) is 0.928. The van der Waals surface area contributed by atoms with Gasteiger partial charge in [-0.05, 0) is 64.8 Å². The Bertz CT molecular complexity index is 1800. The Hall–Kier alpha value is -4.66. The number of hydrogen-bond acceptors (Lipinski definition) is 5. The van der Waals surface area contributed by atoms with Crippen LogP contribution in [0.1, 0.15) is 39.1 Å². The fourth-order valence-electron chi connectivity index (χ4n) is 6.40. The molecule has 0 saturated carbocycles. The number of nitrogens with zero attached hydrogens (tertiary/aromatic N) is 5. The molecule has 9 heteroatoms. The van der Waals surface area contributed by atoms with Crippen molar-refractivity contribution in [3.05, 3.63) is 72.8 Å². The molecule has 222 valence electrons. The van der Waals surface area contributed by atoms with Gasteiger partial charge >= 0.3 is 6.09 Å². The fraction of sp³-hybridized carbons (Fsp3) is 0.353. The van der Waals surface area contributed by atoms with Gasteiger partial charge in [0.25, 0.3) is 0 Å². The molecule has 0 unspecified atom stereocenters. The number of ether oxygens (including phenoxy) is 1. The number of carbonyl (C=O) groups excluding carboxylic acids is 2. The van der Waals surface area contributed by atoms with E-state index in [0.29, 0.717) is 12.5 Å². The number of hydrogen-bond donors (Lipinski definition) is 1. The second-order valence-electron chi connectivity index (χ2n) is 12.1. The summed E-state index contributed by atoms with van der Waals surface area (Å²) in [4.78, 5) is 42.3. The quantitative estimate of drug-likeness (QED) is 0.251. The molecule has 1 N–H and O–H groups in total. The van der Waals surface area contributed by atoms with Crippen LogP contribution in [-0.4, -0.2) is 68.1 Å². The van der Waals surface area contributed by atoms with Crippen LogP contribution in [0.2, 0.25) is 0 Å². The van der Waals surface area contributed by atoms with Gasteiger partial charge in [-0.25, -0.2) is 14.8 Å². The first-order valence-corrected chi connectivity index (χ1v) is 14.8. The Balaban J connectivity index is 1.26. The molecule has 3 heterocycles. The lowest BCUT2D eigenvalue weighted by Gasteiger charge is -2.34. The average molecular weight is 579 g/mol. The van der Waals surface area contributed by atoms with E-state index in [1.54, 1.807) is 7.05 Å². The predicted octanol–water partition coefficient (Wildman–Crippen LogP) is 6.42. The van der Waals surface area contributed by atoms with Crippen LogP contribution in [0.5, 0.6) is 0 Å². The number of benzene rings is 3. The van der Waals surface area contributed by atoms with Gasteiger partial charge in [0, 0.05) is 20.6 Å². The molecule has 9 nitrogen and oxygen atoms in total. The molecule has 0 aliphatic carbocycles. The number of aromatic nitrogens is 4. The van der Waals surface area contributed by atoms with Gasteiger partial charge in [0.2, 0.25) is 5.91 Å². The van der Waals surface area contributed by atoms with E-state index in [4.69, 9.17) is 9.72 Å². The number of nitrogens with one attached hydrogen (secondary N) is 1. The minimum Gasteiger partial charge on any atom is -0.453 e. The van der Waals surface area contributed by atoms with E-state index in [2.05, 4.69) is 71.5 Å². The second-order valence-corrected chi connectivity index (χ2v) is 12.1. The first-order chi connectivity index (χ1) is 20.6. The molecule has 3 atom stereocenters. The first kappa shape index (κ1) is 28.5. The van der Waals surface area contributed by atoms with Crippen molar-refractivity contribution in [1.82, 2.24) is 29.3 Å². The Morgan fingerprint density at radius 1 is 0.977 bits per heavy atom. The Kier molecular flexibility index (Phi) is 7.42. The molecule has 0 bridgehead atoms. The molecule has 43 heavy (non-hydrogen) atoms. The monoisotopic (exact) mass is 578 g/mol. The molecule has 0 radical (unpaired) electrons. The topological polar surface area (TPSA) is 96.3 Å². The van der Waals surface area contributed by atoms with E-state index in [0.717, 1.165) is 56.6 Å². The van der Waals surface area contributed by atoms with Gasteiger partial charge in [0.05, 0.1) is 41.5 Å². The van der Waals surface area contributed by atoms with Gasteiger partial charge in [-0.1, -0.05) is 57.2 Å². The van der Waals surface area contributed by atoms with E-state index in [9.17, 15) is 9.59 Å². The highest BCUT2D eigenvalue weighted by molar-refractivity contribution is 5.87. The number of aromatic amines is 1. The van der Waals surface area contributed by atoms with Crippen molar-refractivity contribution in [3.63, 3.8) is 0 Å². The molecular weight excluding hydrogens is 540 g/mol. The average Bonchev–Trinajstić information content (AvgIpc) is 3.72. The minimum absolute atomic E-state index is 0.0733. The van der Waals surface area contributed by atoms with Gasteiger partial charge in [0.15, 0.2) is 0 Å². The summed E-state index contributed by atoms with van der Waals surface area (Å²) in [7, 11) is 4.97. The van der Waals surface area contributed by atoms with Crippen LogP contribution in [-0.2, 0) is 16.6 Å². The lowest BCUT2D eigenvalue weighted by molar-refractivity contribution is -0.138. The third-order valence-corrected chi connectivity index (χ3v) is 8.65. The summed E-state index contributed by atoms with van der Waals surface area (Å²) in [6.07, 6.45) is 2.12. The fourth-order valence-corrected chi connectivity index (χ4v) is 6.40. The van der Waals surface area contributed by atoms with Crippen molar-refractivity contribution in [2.24, 2.45) is 18.9 Å². The Morgan fingerprint density at radius 3 is 2.26 bits per heavy atom. The number of likely N-dealkylation sites (tertiary alicyclic amines) is 1. The van der Waals surface area contributed by atoms with Crippen molar-refractivity contribution in [2.75, 3.05) is 20.7 Å². The van der Waals surface area contributed by atoms with Crippen molar-refractivity contribution >= 4 is 34.1 Å². The largest absolute Gasteiger partial charge is 0.453 e. The summed E-state index contributed by atoms with van der Waals surface area (Å²) in [5, 5.41) is 0. The molecule has 5 aromatic rings. The molecule has 1 aliphatic rings. The van der Waals surface area contributed by atoms with Crippen LogP contribution in [0, 0.1) is 11.8 Å². The zero-order chi connectivity index (χ0) is 30.4. The molecule has 6 rings (SSSR count). The van der Waals surface area contributed by atoms with Crippen molar-refractivity contribution in [2.45, 2.75) is 39.3 Å². The minimum atomic E-state index is -0.620. The van der Waals surface area contributed by atoms with E-state index in [-0.39, 0.29) is 17.9 Å². The number of rotatable bonds is 6. The number of methoxy groups -OCH3 is 1. The number of amides is 2. The molecule has 1 aliphatic heterocycles. The van der Waals surface area contributed by atoms with Gasteiger partial charge in [-0.2, -0.15) is 0 Å². The van der Waals surface area contributed by atoms with Gasteiger partial charge in [0.1, 0.15) is 11.9 Å². The molecule has 3 aromatic carbocycles. The highest BCUT2D eigenvalue weighted by atomic mass is 16.5. The molecule has 0 spiro atoms. The summed E-state index contributed by atoms with van der Waals surface area (Å²) in [5.41, 5.74) is 8.38. The molecule has 1 saturated heterocycles. The number of carbonyl (C=O) groups is 2. The number of likely N-dealkylation sites (N-methyl/N-ethyl adjacent to an activating group) is 1. The van der Waals surface area contributed by atoms with Crippen molar-refractivity contribution < 1.29 is 14.3 Å².